The first-order valence-corrected chi connectivity index (χ1v) is 8.38. The summed E-state index contributed by atoms with van der Waals surface area (Å²) in [6.45, 7) is 5.36. The smallest absolute Gasteiger partial charge is 0.128 e. The summed E-state index contributed by atoms with van der Waals surface area (Å²) in [5.74, 6) is 1.15. The number of fused-ring (bicyclic) bond motifs is 1. The van der Waals surface area contributed by atoms with Crippen molar-refractivity contribution in [3.8, 4) is 0 Å². The van der Waals surface area contributed by atoms with Crippen molar-refractivity contribution < 1.29 is 0 Å². The lowest BCUT2D eigenvalue weighted by Crippen LogP contribution is -2.32. The Balaban J connectivity index is 2.41. The Morgan fingerprint density at radius 1 is 1.42 bits per heavy atom. The third kappa shape index (κ3) is 3.03. The molecule has 0 radical (unpaired) electrons. The molecule has 0 bridgehead atoms. The molecule has 1 aliphatic heterocycles. The summed E-state index contributed by atoms with van der Waals surface area (Å²) in [6, 6.07) is 2.11. The van der Waals surface area contributed by atoms with Gasteiger partial charge in [-0.05, 0) is 34.8 Å². The van der Waals surface area contributed by atoms with Crippen molar-refractivity contribution >= 4 is 43.8 Å². The van der Waals surface area contributed by atoms with Gasteiger partial charge in [0.1, 0.15) is 10.8 Å². The lowest BCUT2D eigenvalue weighted by Gasteiger charge is -2.31. The van der Waals surface area contributed by atoms with Gasteiger partial charge < -0.3 is 10.6 Å². The second-order valence-corrected chi connectivity index (χ2v) is 7.01. The highest BCUT2D eigenvalue weighted by atomic mass is 79.9. The predicted octanol–water partition coefficient (Wildman–Crippen LogP) is 4.71. The first kappa shape index (κ1) is 14.6. The van der Waals surface area contributed by atoms with Crippen LogP contribution in [0.5, 0.6) is 0 Å². The fraction of sp³-hybridized carbons (Fsp3) is 0.500. The summed E-state index contributed by atoms with van der Waals surface area (Å²) in [6.07, 6.45) is 6.17. The highest BCUT2D eigenvalue weighted by Crippen LogP contribution is 2.43. The number of aliphatic imine (C=N–C) groups is 1. The summed E-state index contributed by atoms with van der Waals surface area (Å²) in [7, 11) is 0. The number of thiophene rings is 1. The van der Waals surface area contributed by atoms with E-state index in [9.17, 15) is 0 Å². The molecule has 0 saturated carbocycles. The maximum atomic E-state index is 5.87. The molecule has 0 aliphatic carbocycles. The van der Waals surface area contributed by atoms with Gasteiger partial charge in [0.25, 0.3) is 0 Å². The van der Waals surface area contributed by atoms with E-state index in [4.69, 9.17) is 10.7 Å². The molecule has 19 heavy (non-hydrogen) atoms. The van der Waals surface area contributed by atoms with E-state index >= 15 is 0 Å². The lowest BCUT2D eigenvalue weighted by molar-refractivity contribution is 0.548. The average molecular weight is 342 g/mol. The number of hydrogen-bond donors (Lipinski definition) is 1. The van der Waals surface area contributed by atoms with E-state index in [1.807, 2.05) is 0 Å². The third-order valence-corrected chi connectivity index (χ3v) is 4.68. The van der Waals surface area contributed by atoms with Crippen LogP contribution >= 0.6 is 27.3 Å². The standard InChI is InChI=1S/C14H20BrN3S/c1-3-5-6-13-17-14-10(8-12(15)19-14)11(9-16)18(13)7-4-2/h8-9H,3-7,16H2,1-2H3. The van der Waals surface area contributed by atoms with E-state index in [0.717, 1.165) is 45.3 Å². The molecule has 0 aromatic carbocycles. The van der Waals surface area contributed by atoms with Crippen LogP contribution in [0.15, 0.2) is 21.0 Å². The van der Waals surface area contributed by atoms with Crippen LogP contribution in [0.3, 0.4) is 0 Å². The van der Waals surface area contributed by atoms with Crippen LogP contribution in [-0.4, -0.2) is 17.3 Å². The van der Waals surface area contributed by atoms with Crippen molar-refractivity contribution in [2.24, 2.45) is 10.7 Å². The van der Waals surface area contributed by atoms with E-state index < -0.39 is 0 Å². The molecule has 0 atom stereocenters. The third-order valence-electron chi connectivity index (χ3n) is 3.15. The van der Waals surface area contributed by atoms with Gasteiger partial charge in [-0.1, -0.05) is 20.3 Å². The summed E-state index contributed by atoms with van der Waals surface area (Å²) < 4.78 is 1.11. The quantitative estimate of drug-likeness (QED) is 0.842. The van der Waals surface area contributed by atoms with Crippen LogP contribution in [-0.2, 0) is 0 Å². The van der Waals surface area contributed by atoms with Crippen molar-refractivity contribution in [3.05, 3.63) is 21.6 Å². The highest BCUT2D eigenvalue weighted by Gasteiger charge is 2.25. The van der Waals surface area contributed by atoms with Gasteiger partial charge in [-0.25, -0.2) is 4.99 Å². The molecule has 1 aromatic rings. The summed E-state index contributed by atoms with van der Waals surface area (Å²) in [5.41, 5.74) is 8.11. The Kier molecular flexibility index (Phi) is 5.05. The van der Waals surface area contributed by atoms with E-state index in [1.54, 1.807) is 17.5 Å². The number of rotatable bonds is 5. The number of nitrogens with zero attached hydrogens (tertiary/aromatic N) is 2. The molecule has 0 unspecified atom stereocenters. The molecule has 5 heteroatoms. The molecule has 2 N–H and O–H groups in total. The molecule has 3 nitrogen and oxygen atoms in total. The van der Waals surface area contributed by atoms with Gasteiger partial charge in [0.05, 0.1) is 9.48 Å². The summed E-state index contributed by atoms with van der Waals surface area (Å²) >= 11 is 5.22. The van der Waals surface area contributed by atoms with Crippen molar-refractivity contribution in [2.45, 2.75) is 39.5 Å². The molecule has 2 heterocycles. The molecule has 104 valence electrons. The molecule has 1 aromatic heterocycles. The number of amidine groups is 1. The Labute approximate surface area is 127 Å². The average Bonchev–Trinajstić information content (AvgIpc) is 2.76. The molecule has 0 fully saturated rings. The minimum Gasteiger partial charge on any atom is -0.403 e. The molecular weight excluding hydrogens is 322 g/mol. The highest BCUT2D eigenvalue weighted by molar-refractivity contribution is 9.11. The van der Waals surface area contributed by atoms with Crippen LogP contribution in [0, 0.1) is 0 Å². The molecule has 1 aliphatic rings. The Morgan fingerprint density at radius 2 is 2.21 bits per heavy atom. The van der Waals surface area contributed by atoms with Gasteiger partial charge in [0, 0.05) is 24.7 Å². The summed E-state index contributed by atoms with van der Waals surface area (Å²) in [4.78, 5) is 7.11. The van der Waals surface area contributed by atoms with E-state index in [1.165, 1.54) is 12.8 Å². The minimum atomic E-state index is 0.971. The van der Waals surface area contributed by atoms with Crippen molar-refractivity contribution in [1.82, 2.24) is 4.90 Å². The van der Waals surface area contributed by atoms with Gasteiger partial charge in [-0.2, -0.15) is 0 Å². The Bertz CT molecular complexity index is 505. The van der Waals surface area contributed by atoms with Gasteiger partial charge in [0.15, 0.2) is 0 Å². The normalized spacial score (nSPS) is 16.7. The molecule has 2 rings (SSSR count). The maximum Gasteiger partial charge on any atom is 0.128 e. The van der Waals surface area contributed by atoms with Crippen LogP contribution in [0.2, 0.25) is 0 Å². The number of unbranched alkanes of at least 4 members (excludes halogenated alkanes) is 1. The second-order valence-electron chi connectivity index (χ2n) is 4.60. The first-order valence-electron chi connectivity index (χ1n) is 6.78. The zero-order chi connectivity index (χ0) is 13.8. The van der Waals surface area contributed by atoms with Gasteiger partial charge in [0.2, 0.25) is 0 Å². The largest absolute Gasteiger partial charge is 0.403 e. The zero-order valence-electron chi connectivity index (χ0n) is 11.4. The Morgan fingerprint density at radius 3 is 2.84 bits per heavy atom. The van der Waals surface area contributed by atoms with Crippen LogP contribution in [0.4, 0.5) is 5.00 Å². The topological polar surface area (TPSA) is 41.6 Å². The second kappa shape index (κ2) is 6.57. The van der Waals surface area contributed by atoms with Crippen LogP contribution in [0.25, 0.3) is 5.70 Å². The Hall–Kier alpha value is -0.810. The number of halogens is 1. The first-order chi connectivity index (χ1) is 9.21. The molecular formula is C14H20BrN3S. The van der Waals surface area contributed by atoms with Crippen molar-refractivity contribution in [3.63, 3.8) is 0 Å². The molecule has 0 spiro atoms. The fourth-order valence-electron chi connectivity index (χ4n) is 2.26. The van der Waals surface area contributed by atoms with Gasteiger partial charge in [-0.3, -0.25) is 0 Å². The van der Waals surface area contributed by atoms with E-state index in [2.05, 4.69) is 40.7 Å². The SMILES string of the molecule is CCCCC1=Nc2sc(Br)cc2C(=CN)N1CCC. The van der Waals surface area contributed by atoms with Gasteiger partial charge >= 0.3 is 0 Å². The molecule has 0 amide bonds. The fourth-order valence-corrected chi connectivity index (χ4v) is 3.73. The van der Waals surface area contributed by atoms with E-state index in [-0.39, 0.29) is 0 Å². The zero-order valence-corrected chi connectivity index (χ0v) is 13.9. The minimum absolute atomic E-state index is 0.971. The van der Waals surface area contributed by atoms with Crippen LogP contribution in [0.1, 0.15) is 45.1 Å². The predicted molar refractivity (Wildman–Crippen MR) is 87.8 cm³/mol. The maximum absolute atomic E-state index is 5.87. The van der Waals surface area contributed by atoms with Crippen molar-refractivity contribution in [2.75, 3.05) is 6.54 Å². The number of hydrogen-bond acceptors (Lipinski definition) is 4. The lowest BCUT2D eigenvalue weighted by atomic mass is 10.1. The molecule has 0 saturated heterocycles. The number of nitrogens with two attached hydrogens (primary N) is 1. The summed E-state index contributed by atoms with van der Waals surface area (Å²) in [5, 5.41) is 1.07. The van der Waals surface area contributed by atoms with Crippen LogP contribution < -0.4 is 5.73 Å². The van der Waals surface area contributed by atoms with Crippen molar-refractivity contribution in [1.29, 1.82) is 0 Å². The monoisotopic (exact) mass is 341 g/mol. The van der Waals surface area contributed by atoms with Gasteiger partial charge in [-0.15, -0.1) is 11.3 Å². The van der Waals surface area contributed by atoms with E-state index in [0.29, 0.717) is 0 Å².